The molecule has 0 aromatic heterocycles. The predicted molar refractivity (Wildman–Crippen MR) is 135 cm³/mol. The molecule has 1 aromatic rings. The molecule has 8 heteroatoms. The fraction of sp³-hybridized carbons (Fsp3) is 0.636. The highest BCUT2D eigenvalue weighted by molar-refractivity contribution is 14.0. The highest BCUT2D eigenvalue weighted by Gasteiger charge is 2.13. The summed E-state index contributed by atoms with van der Waals surface area (Å²) in [5.41, 5.74) is 0.572. The molecule has 0 aliphatic carbocycles. The number of carbonyl (C=O) groups is 1. The van der Waals surface area contributed by atoms with E-state index in [9.17, 15) is 4.79 Å². The topological polar surface area (TPSA) is 84.0 Å². The van der Waals surface area contributed by atoms with Gasteiger partial charge in [0.25, 0.3) is 0 Å². The number of ether oxygens (including phenoxy) is 2. The summed E-state index contributed by atoms with van der Waals surface area (Å²) < 4.78 is 11.2. The minimum atomic E-state index is -0.285. The minimum Gasteiger partial charge on any atom is -0.491 e. The van der Waals surface area contributed by atoms with Crippen LogP contribution in [0.2, 0.25) is 0 Å². The molecular weight excluding hydrogens is 495 g/mol. The van der Waals surface area contributed by atoms with Crippen LogP contribution in [0.1, 0.15) is 54.4 Å². The summed E-state index contributed by atoms with van der Waals surface area (Å²) in [6.07, 6.45) is 2.29. The first kappa shape index (κ1) is 28.5. The zero-order chi connectivity index (χ0) is 21.7. The van der Waals surface area contributed by atoms with Crippen LogP contribution in [0.4, 0.5) is 5.69 Å². The highest BCUT2D eigenvalue weighted by Crippen LogP contribution is 2.16. The Morgan fingerprint density at radius 2 is 1.80 bits per heavy atom. The Hall–Kier alpha value is -1.55. The van der Waals surface area contributed by atoms with Gasteiger partial charge in [-0.2, -0.15) is 0 Å². The van der Waals surface area contributed by atoms with E-state index in [1.807, 2.05) is 58.9 Å². The second kappa shape index (κ2) is 15.3. The van der Waals surface area contributed by atoms with Crippen LogP contribution in [-0.2, 0) is 9.53 Å². The van der Waals surface area contributed by atoms with E-state index in [-0.39, 0.29) is 48.1 Å². The fourth-order valence-electron chi connectivity index (χ4n) is 2.36. The number of hydrogen-bond donors (Lipinski definition) is 3. The maximum Gasteiger partial charge on any atom is 0.242 e. The number of nitrogens with one attached hydrogen (secondary N) is 3. The quantitative estimate of drug-likeness (QED) is 0.172. The van der Waals surface area contributed by atoms with E-state index >= 15 is 0 Å². The number of aliphatic imine (C=N–C) groups is 1. The molecule has 3 N–H and O–H groups in total. The molecule has 0 bridgehead atoms. The van der Waals surface area contributed by atoms with Crippen LogP contribution in [0.15, 0.2) is 29.3 Å². The lowest BCUT2D eigenvalue weighted by molar-refractivity contribution is -0.121. The molecule has 172 valence electrons. The smallest absolute Gasteiger partial charge is 0.242 e. The molecule has 0 unspecified atom stereocenters. The van der Waals surface area contributed by atoms with E-state index < -0.39 is 0 Å². The van der Waals surface area contributed by atoms with Crippen molar-refractivity contribution in [2.45, 2.75) is 66.0 Å². The number of unbranched alkanes of at least 4 members (excludes halogenated alkanes) is 1. The lowest BCUT2D eigenvalue weighted by Gasteiger charge is -2.20. The van der Waals surface area contributed by atoms with Gasteiger partial charge in [-0.15, -0.1) is 24.0 Å². The normalized spacial score (nSPS) is 11.6. The van der Waals surface area contributed by atoms with Crippen LogP contribution in [0.3, 0.4) is 0 Å². The van der Waals surface area contributed by atoms with Gasteiger partial charge in [0.05, 0.1) is 12.7 Å². The maximum absolute atomic E-state index is 12.1. The number of guanidine groups is 1. The van der Waals surface area contributed by atoms with Gasteiger partial charge in [-0.3, -0.25) is 4.79 Å². The Morgan fingerprint density at radius 3 is 2.37 bits per heavy atom. The Labute approximate surface area is 198 Å². The van der Waals surface area contributed by atoms with Gasteiger partial charge < -0.3 is 25.4 Å². The first-order valence-corrected chi connectivity index (χ1v) is 10.4. The van der Waals surface area contributed by atoms with Gasteiger partial charge >= 0.3 is 0 Å². The third kappa shape index (κ3) is 14.4. The molecule has 0 aliphatic rings. The molecular formula is C22H39IN4O3. The van der Waals surface area contributed by atoms with Gasteiger partial charge in [0, 0.05) is 24.4 Å². The molecule has 1 rings (SSSR count). The van der Waals surface area contributed by atoms with Crippen molar-refractivity contribution in [3.05, 3.63) is 24.3 Å². The van der Waals surface area contributed by atoms with Gasteiger partial charge in [0.15, 0.2) is 5.96 Å². The molecule has 0 radical (unpaired) electrons. The first-order valence-electron chi connectivity index (χ1n) is 10.4. The number of rotatable bonds is 11. The second-order valence-electron chi connectivity index (χ2n) is 8.17. The SMILES string of the molecule is CCCCOCCNC(=NCC(=O)NC(C)(C)C)Nc1ccc(OC(C)C)cc1.I. The van der Waals surface area contributed by atoms with Crippen LogP contribution in [0, 0.1) is 0 Å². The van der Waals surface area contributed by atoms with E-state index in [4.69, 9.17) is 9.47 Å². The number of carbonyl (C=O) groups excluding carboxylic acids is 1. The van der Waals surface area contributed by atoms with Crippen LogP contribution >= 0.6 is 24.0 Å². The molecule has 1 amide bonds. The van der Waals surface area contributed by atoms with Crippen molar-refractivity contribution in [2.24, 2.45) is 4.99 Å². The van der Waals surface area contributed by atoms with E-state index in [0.29, 0.717) is 19.1 Å². The molecule has 0 aliphatic heterocycles. The van der Waals surface area contributed by atoms with Crippen molar-refractivity contribution < 1.29 is 14.3 Å². The first-order chi connectivity index (χ1) is 13.7. The molecule has 1 aromatic carbocycles. The Balaban J connectivity index is 0.00000841. The minimum absolute atomic E-state index is 0. The zero-order valence-corrected chi connectivity index (χ0v) is 21.5. The maximum atomic E-state index is 12.1. The summed E-state index contributed by atoms with van der Waals surface area (Å²) in [6, 6.07) is 7.64. The Bertz CT molecular complexity index is 628. The van der Waals surface area contributed by atoms with Gasteiger partial charge in [-0.25, -0.2) is 4.99 Å². The molecule has 30 heavy (non-hydrogen) atoms. The van der Waals surface area contributed by atoms with Gasteiger partial charge in [0.2, 0.25) is 5.91 Å². The summed E-state index contributed by atoms with van der Waals surface area (Å²) in [5.74, 6) is 1.22. The molecule has 0 atom stereocenters. The summed E-state index contributed by atoms with van der Waals surface area (Å²) in [4.78, 5) is 16.5. The number of anilines is 1. The van der Waals surface area contributed by atoms with Crippen molar-refractivity contribution >= 4 is 41.5 Å². The number of benzene rings is 1. The van der Waals surface area contributed by atoms with E-state index in [1.54, 1.807) is 0 Å². The molecule has 0 fully saturated rings. The van der Waals surface area contributed by atoms with Crippen LogP contribution < -0.4 is 20.7 Å². The molecule has 7 nitrogen and oxygen atoms in total. The van der Waals surface area contributed by atoms with Gasteiger partial charge in [0.1, 0.15) is 12.3 Å². The summed E-state index contributed by atoms with van der Waals surface area (Å²) in [5, 5.41) is 9.35. The molecule has 0 saturated heterocycles. The van der Waals surface area contributed by atoms with Crippen molar-refractivity contribution in [2.75, 3.05) is 31.6 Å². The van der Waals surface area contributed by atoms with Crippen LogP contribution in [0.5, 0.6) is 5.75 Å². The van der Waals surface area contributed by atoms with E-state index in [1.165, 1.54) is 0 Å². The lowest BCUT2D eigenvalue weighted by atomic mass is 10.1. The monoisotopic (exact) mass is 534 g/mol. The predicted octanol–water partition coefficient (Wildman–Crippen LogP) is 4.18. The summed E-state index contributed by atoms with van der Waals surface area (Å²) in [7, 11) is 0. The Kier molecular flexibility index (Phi) is 14.5. The third-order valence-corrected chi connectivity index (χ3v) is 3.57. The summed E-state index contributed by atoms with van der Waals surface area (Å²) in [6.45, 7) is 13.9. The average molecular weight is 534 g/mol. The van der Waals surface area contributed by atoms with E-state index in [2.05, 4.69) is 27.9 Å². The number of hydrogen-bond acceptors (Lipinski definition) is 4. The highest BCUT2D eigenvalue weighted by atomic mass is 127. The fourth-order valence-corrected chi connectivity index (χ4v) is 2.36. The van der Waals surface area contributed by atoms with Gasteiger partial charge in [-0.1, -0.05) is 13.3 Å². The van der Waals surface area contributed by atoms with Crippen molar-refractivity contribution in [1.29, 1.82) is 0 Å². The largest absolute Gasteiger partial charge is 0.491 e. The van der Waals surface area contributed by atoms with E-state index in [0.717, 1.165) is 30.9 Å². The Morgan fingerprint density at radius 1 is 1.13 bits per heavy atom. The standard InChI is InChI=1S/C22H38N4O3.HI/c1-7-8-14-28-15-13-23-21(24-16-20(27)26-22(4,5)6)25-18-9-11-19(12-10-18)29-17(2)3;/h9-12,17H,7-8,13-16H2,1-6H3,(H,26,27)(H2,23,24,25);1H. The van der Waals surface area contributed by atoms with Crippen LogP contribution in [0.25, 0.3) is 0 Å². The zero-order valence-electron chi connectivity index (χ0n) is 19.2. The molecule has 0 spiro atoms. The van der Waals surface area contributed by atoms with Crippen molar-refractivity contribution in [1.82, 2.24) is 10.6 Å². The van der Waals surface area contributed by atoms with Crippen molar-refractivity contribution in [3.63, 3.8) is 0 Å². The number of nitrogens with zero attached hydrogens (tertiary/aromatic N) is 1. The second-order valence-corrected chi connectivity index (χ2v) is 8.17. The molecule has 0 heterocycles. The van der Waals surface area contributed by atoms with Gasteiger partial charge in [-0.05, 0) is 65.3 Å². The number of halogens is 1. The van der Waals surface area contributed by atoms with Crippen LogP contribution in [-0.4, -0.2) is 49.8 Å². The third-order valence-electron chi connectivity index (χ3n) is 3.57. The molecule has 0 saturated carbocycles. The lowest BCUT2D eigenvalue weighted by Crippen LogP contribution is -2.42. The van der Waals surface area contributed by atoms with Crippen molar-refractivity contribution in [3.8, 4) is 5.75 Å². The number of amides is 1. The average Bonchev–Trinajstić information content (AvgIpc) is 2.62. The summed E-state index contributed by atoms with van der Waals surface area (Å²) >= 11 is 0.